The number of nitrogens with zero attached hydrogens (tertiary/aromatic N) is 3. The summed E-state index contributed by atoms with van der Waals surface area (Å²) >= 11 is 15.3. The van der Waals surface area contributed by atoms with Gasteiger partial charge in [0.25, 0.3) is 10.0 Å². The van der Waals surface area contributed by atoms with Crippen LogP contribution in [0.2, 0.25) is 0 Å². The topological polar surface area (TPSA) is 92.3 Å². The van der Waals surface area contributed by atoms with E-state index in [0.29, 0.717) is 17.1 Å². The first-order chi connectivity index (χ1) is 12.0. The van der Waals surface area contributed by atoms with Crippen molar-refractivity contribution in [1.82, 2.24) is 9.97 Å². The molecule has 1 aliphatic rings. The van der Waals surface area contributed by atoms with Gasteiger partial charge in [0.15, 0.2) is 0 Å². The molecule has 0 radical (unpaired) electrons. The van der Waals surface area contributed by atoms with Gasteiger partial charge in [-0.3, -0.25) is 4.79 Å². The van der Waals surface area contributed by atoms with Crippen LogP contribution >= 0.6 is 24.2 Å². The molecular weight excluding hydrogens is 439 g/mol. The molecule has 0 spiro atoms. The number of hydrogen-bond donors (Lipinski definition) is 2. The van der Waals surface area contributed by atoms with Gasteiger partial charge < -0.3 is 17.5 Å². The summed E-state index contributed by atoms with van der Waals surface area (Å²) in [5.41, 5.74) is 1.71. The Kier molecular flexibility index (Phi) is 6.83. The van der Waals surface area contributed by atoms with Crippen LogP contribution in [0.4, 0.5) is 11.6 Å². The number of carbonyl (C=O) groups is 1. The fourth-order valence-electron chi connectivity index (χ4n) is 2.52. The van der Waals surface area contributed by atoms with E-state index in [2.05, 4.69) is 27.3 Å². The van der Waals surface area contributed by atoms with E-state index in [1.54, 1.807) is 19.9 Å². The molecule has 1 aromatic heterocycles. The van der Waals surface area contributed by atoms with Gasteiger partial charge in [-0.2, -0.15) is 12.6 Å². The maximum absolute atomic E-state index is 12.5. The molecule has 0 aliphatic carbocycles. The van der Waals surface area contributed by atoms with Crippen molar-refractivity contribution in [1.29, 1.82) is 0 Å². The molecule has 1 N–H and O–H groups in total. The fourth-order valence-corrected chi connectivity index (χ4v) is 4.28. The minimum Gasteiger partial charge on any atom is -0.751 e. The molecule has 1 saturated heterocycles. The van der Waals surface area contributed by atoms with Gasteiger partial charge in [0, 0.05) is 17.1 Å². The molecule has 1 aromatic carbocycles. The number of hydrogen-bond acceptors (Lipinski definition) is 7. The Hall–Kier alpha value is -0.490. The van der Waals surface area contributed by atoms with Gasteiger partial charge in [-0.25, -0.2) is 23.1 Å². The summed E-state index contributed by atoms with van der Waals surface area (Å²) in [4.78, 5) is 21.2. The standard InChI is InChI=1S/C15H15ClN4O3S3.Na/c1-8-7-9(2)18-14(17-8)19-26(22,23)11-5-3-10(4-6-11)20-13(21)12(16)15(20,24)25;/h3-7,12,24-25H,1-2H3,(H,17,18,19);/q;+1/p-1. The summed E-state index contributed by atoms with van der Waals surface area (Å²) in [5.74, 6) is -0.386. The van der Waals surface area contributed by atoms with Gasteiger partial charge >= 0.3 is 29.6 Å². The first-order valence-electron chi connectivity index (χ1n) is 7.38. The summed E-state index contributed by atoms with van der Waals surface area (Å²) in [6.07, 6.45) is 0. The fraction of sp³-hybridized carbons (Fsp3) is 0.267. The smallest absolute Gasteiger partial charge is 0.751 e. The average molecular weight is 453 g/mol. The van der Waals surface area contributed by atoms with Gasteiger partial charge in [-0.15, -0.1) is 11.6 Å². The van der Waals surface area contributed by atoms with Gasteiger partial charge in [-0.05, 0) is 48.4 Å². The summed E-state index contributed by atoms with van der Waals surface area (Å²) in [6, 6.07) is 7.38. The van der Waals surface area contributed by atoms with Crippen LogP contribution in [-0.2, 0) is 27.4 Å². The number of amides is 1. The van der Waals surface area contributed by atoms with Crippen LogP contribution < -0.4 is 39.2 Å². The van der Waals surface area contributed by atoms with Crippen molar-refractivity contribution in [2.45, 2.75) is 28.3 Å². The Labute approximate surface area is 195 Å². The number of aromatic nitrogens is 2. The van der Waals surface area contributed by atoms with E-state index in [0.717, 1.165) is 0 Å². The minimum absolute atomic E-state index is 0. The van der Waals surface area contributed by atoms with Gasteiger partial charge in [0.2, 0.25) is 11.9 Å². The number of β-lactam (4-membered cyclic amide) rings is 1. The Morgan fingerprint density at radius 3 is 2.22 bits per heavy atom. The van der Waals surface area contributed by atoms with Crippen LogP contribution in [0, 0.1) is 13.8 Å². The number of aryl methyl sites for hydroxylation is 2. The molecule has 7 nitrogen and oxygen atoms in total. The molecule has 1 amide bonds. The summed E-state index contributed by atoms with van der Waals surface area (Å²) in [6.45, 7) is 3.49. The monoisotopic (exact) mass is 452 g/mol. The number of anilines is 2. The number of alkyl halides is 1. The molecule has 1 fully saturated rings. The Morgan fingerprint density at radius 1 is 1.22 bits per heavy atom. The molecule has 2 atom stereocenters. The molecule has 2 aromatic rings. The van der Waals surface area contributed by atoms with Crippen molar-refractivity contribution in [2.24, 2.45) is 0 Å². The zero-order valence-corrected chi connectivity index (χ0v) is 20.0. The first kappa shape index (κ1) is 22.8. The molecular formula is C15H14ClN4NaO3S3. The maximum atomic E-state index is 12.5. The van der Waals surface area contributed by atoms with Crippen molar-refractivity contribution in [3.8, 4) is 0 Å². The van der Waals surface area contributed by atoms with Crippen molar-refractivity contribution in [3.05, 3.63) is 41.7 Å². The number of thiol groups is 1. The Morgan fingerprint density at radius 2 is 1.74 bits per heavy atom. The number of carbonyl (C=O) groups excluding carboxylic acids is 1. The van der Waals surface area contributed by atoms with Crippen LogP contribution in [0.25, 0.3) is 0 Å². The molecule has 1 aliphatic heterocycles. The molecule has 0 bridgehead atoms. The van der Waals surface area contributed by atoms with Crippen molar-refractivity contribution < 1.29 is 42.8 Å². The van der Waals surface area contributed by atoms with E-state index in [4.69, 9.17) is 24.2 Å². The molecule has 138 valence electrons. The Bertz CT molecular complexity index is 966. The molecule has 2 heterocycles. The predicted molar refractivity (Wildman–Crippen MR) is 105 cm³/mol. The summed E-state index contributed by atoms with van der Waals surface area (Å²) in [5, 5.41) is -0.910. The molecule has 12 heteroatoms. The van der Waals surface area contributed by atoms with Crippen molar-refractivity contribution in [3.63, 3.8) is 0 Å². The molecule has 0 saturated carbocycles. The third-order valence-electron chi connectivity index (χ3n) is 3.70. The van der Waals surface area contributed by atoms with Crippen LogP contribution in [0.15, 0.2) is 35.2 Å². The van der Waals surface area contributed by atoms with Gasteiger partial charge in [0.1, 0.15) is 5.38 Å². The second kappa shape index (κ2) is 8.10. The molecule has 3 rings (SSSR count). The number of halogens is 1. The van der Waals surface area contributed by atoms with E-state index in [9.17, 15) is 13.2 Å². The molecule has 27 heavy (non-hydrogen) atoms. The van der Waals surface area contributed by atoms with E-state index in [1.165, 1.54) is 29.2 Å². The van der Waals surface area contributed by atoms with E-state index < -0.39 is 19.6 Å². The van der Waals surface area contributed by atoms with E-state index >= 15 is 0 Å². The summed E-state index contributed by atoms with van der Waals surface area (Å²) < 4.78 is 26.1. The number of benzene rings is 1. The van der Waals surface area contributed by atoms with Gasteiger partial charge in [-0.1, -0.05) is 0 Å². The predicted octanol–water partition coefficient (Wildman–Crippen LogP) is -1.02. The van der Waals surface area contributed by atoms with Crippen LogP contribution in [0.3, 0.4) is 0 Å². The second-order valence-corrected chi connectivity index (χ2v) is 9.49. The maximum Gasteiger partial charge on any atom is 1.00 e. The normalized spacial score (nSPS) is 22.0. The second-order valence-electron chi connectivity index (χ2n) is 5.77. The number of rotatable bonds is 4. The van der Waals surface area contributed by atoms with Crippen LogP contribution in [0.5, 0.6) is 0 Å². The quantitative estimate of drug-likeness (QED) is 0.203. The van der Waals surface area contributed by atoms with E-state index in [1.807, 2.05) is 0 Å². The zero-order chi connectivity index (χ0) is 19.3. The first-order valence-corrected chi connectivity index (χ1v) is 10.2. The number of sulfonamides is 1. The third kappa shape index (κ3) is 4.42. The Balaban J connectivity index is 0.00000261. The molecule has 2 unspecified atom stereocenters. The van der Waals surface area contributed by atoms with Crippen molar-refractivity contribution >= 4 is 64.4 Å². The van der Waals surface area contributed by atoms with Crippen molar-refractivity contribution in [2.75, 3.05) is 9.62 Å². The average Bonchev–Trinajstić information content (AvgIpc) is 2.53. The van der Waals surface area contributed by atoms with Crippen LogP contribution in [0.1, 0.15) is 11.4 Å². The summed E-state index contributed by atoms with van der Waals surface area (Å²) in [7, 11) is -3.88. The third-order valence-corrected chi connectivity index (χ3v) is 6.71. The van der Waals surface area contributed by atoms with Gasteiger partial charge in [0.05, 0.1) is 4.90 Å². The zero-order valence-electron chi connectivity index (χ0n) is 14.7. The van der Waals surface area contributed by atoms with E-state index in [-0.39, 0.29) is 46.3 Å². The SMILES string of the molecule is Cc1cc(C)nc(NS(=O)(=O)c2ccc(N3C(=O)C(Cl)C3([S-])S)cc2)n1.[Na+]. The largest absolute Gasteiger partial charge is 1.00 e. The minimum atomic E-state index is -3.88. The van der Waals surface area contributed by atoms with Crippen LogP contribution in [-0.4, -0.2) is 33.9 Å². The number of nitrogens with one attached hydrogen (secondary N) is 1.